The first-order chi connectivity index (χ1) is 30.8. The van der Waals surface area contributed by atoms with Crippen LogP contribution in [-0.4, -0.2) is 140 Å². The molecule has 2 aromatic carbocycles. The monoisotopic (exact) mass is 912 g/mol. The Morgan fingerprint density at radius 1 is 0.877 bits per heavy atom. The topological polar surface area (TPSA) is 381 Å². The number of nitrogens with one attached hydrogen (secondary N) is 4. The molecule has 24 heteroatoms. The first-order valence-corrected chi connectivity index (χ1v) is 20.0. The number of guanidine groups is 1. The Morgan fingerprint density at radius 2 is 1.54 bits per heavy atom. The van der Waals surface area contributed by atoms with Gasteiger partial charge in [-0.05, 0) is 31.4 Å². The minimum absolute atomic E-state index is 0.0345. The van der Waals surface area contributed by atoms with Crippen LogP contribution in [0.15, 0.2) is 68.8 Å². The molecule has 3 atom stereocenters. The van der Waals surface area contributed by atoms with E-state index in [9.17, 15) is 48.6 Å². The van der Waals surface area contributed by atoms with Gasteiger partial charge in [-0.2, -0.15) is 0 Å². The molecule has 1 aromatic heterocycles. The highest BCUT2D eigenvalue weighted by atomic mass is 16.6. The van der Waals surface area contributed by atoms with Crippen molar-refractivity contribution < 1.29 is 72.7 Å². The molecule has 0 unspecified atom stereocenters. The molecular formula is C41H52N8O16. The Hall–Kier alpha value is -7.44. The van der Waals surface area contributed by atoms with E-state index in [1.807, 2.05) is 41.7 Å². The van der Waals surface area contributed by atoms with Crippen LogP contribution < -0.4 is 47.8 Å². The number of carboxylic acids is 3. The molecule has 65 heavy (non-hydrogen) atoms. The van der Waals surface area contributed by atoms with Gasteiger partial charge in [0.1, 0.15) is 31.2 Å². The highest BCUT2D eigenvalue weighted by Gasteiger charge is 2.38. The number of carboxylic acid groups (broad SMARTS) is 3. The summed E-state index contributed by atoms with van der Waals surface area (Å²) in [6, 6.07) is 11.3. The summed E-state index contributed by atoms with van der Waals surface area (Å²) in [4.78, 5) is 113. The van der Waals surface area contributed by atoms with Gasteiger partial charge in [0.05, 0.1) is 50.7 Å². The SMILES string of the molecule is CC(=O)[O-].NC(N)=NCCC[C@H](NC(=O)CCC(=O)OC[N+]1(c2cc(=O)c3cccc(-c4ccccc4)c3o2)CCOCC1)C(=O)NCC(=O)N[C@@H](CC(=O)O)C(=O)N[C@@H](CO)C(=O)O. The number of hydrogen-bond acceptors (Lipinski definition) is 15. The van der Waals surface area contributed by atoms with Gasteiger partial charge in [-0.15, -0.1) is 0 Å². The van der Waals surface area contributed by atoms with E-state index < -0.39 is 98.0 Å². The molecule has 4 amide bonds. The largest absolute Gasteiger partial charge is 0.550 e. The van der Waals surface area contributed by atoms with E-state index in [-0.39, 0.29) is 61.1 Å². The molecular weight excluding hydrogens is 860 g/mol. The maximum absolute atomic E-state index is 13.4. The summed E-state index contributed by atoms with van der Waals surface area (Å²) >= 11 is 0. The number of rotatable bonds is 22. The molecule has 3 aromatic rings. The Bertz CT molecular complexity index is 2250. The fourth-order valence-electron chi connectivity index (χ4n) is 6.25. The summed E-state index contributed by atoms with van der Waals surface area (Å²) in [6.07, 6.45) is -1.63. The molecule has 2 heterocycles. The van der Waals surface area contributed by atoms with Gasteiger partial charge in [-0.3, -0.25) is 38.6 Å². The highest BCUT2D eigenvalue weighted by Crippen LogP contribution is 2.33. The minimum Gasteiger partial charge on any atom is -0.550 e. The van der Waals surface area contributed by atoms with Crippen molar-refractivity contribution >= 4 is 70.3 Å². The third-order valence-corrected chi connectivity index (χ3v) is 9.50. The summed E-state index contributed by atoms with van der Waals surface area (Å²) in [5, 5.41) is 45.5. The van der Waals surface area contributed by atoms with E-state index in [1.165, 1.54) is 6.07 Å². The third kappa shape index (κ3) is 17.0. The number of esters is 1. The molecule has 0 spiro atoms. The third-order valence-electron chi connectivity index (χ3n) is 9.50. The quantitative estimate of drug-likeness (QED) is 0.0160. The lowest BCUT2D eigenvalue weighted by Crippen LogP contribution is -2.58. The molecule has 1 aliphatic rings. The average Bonchev–Trinajstić information content (AvgIpc) is 3.26. The average molecular weight is 913 g/mol. The van der Waals surface area contributed by atoms with E-state index in [2.05, 4.69) is 20.9 Å². The molecule has 0 aliphatic carbocycles. The molecule has 11 N–H and O–H groups in total. The van der Waals surface area contributed by atoms with Crippen LogP contribution in [0.25, 0.3) is 22.1 Å². The number of fused-ring (bicyclic) bond motifs is 1. The van der Waals surface area contributed by atoms with Crippen molar-refractivity contribution in [1.82, 2.24) is 25.8 Å². The van der Waals surface area contributed by atoms with E-state index in [0.29, 0.717) is 29.6 Å². The first-order valence-electron chi connectivity index (χ1n) is 20.0. The molecule has 4 rings (SSSR count). The van der Waals surface area contributed by atoms with Crippen molar-refractivity contribution in [3.8, 4) is 11.1 Å². The zero-order valence-electron chi connectivity index (χ0n) is 35.3. The van der Waals surface area contributed by atoms with Crippen LogP contribution in [0.3, 0.4) is 0 Å². The second-order valence-electron chi connectivity index (χ2n) is 14.4. The number of aliphatic hydroxyl groups excluding tert-OH is 1. The van der Waals surface area contributed by atoms with Crippen LogP contribution in [0.2, 0.25) is 0 Å². The van der Waals surface area contributed by atoms with Crippen molar-refractivity contribution in [2.75, 3.05) is 52.7 Å². The standard InChI is InChI=1S/C39H48N8O14.C2H4O2/c40-39(41)42-13-5-10-26(36(55)43-20-31(51)45-27(18-33(52)53)37(56)46-28(21-48)38(57)58)44-30(50)11-12-34(54)60-22-47(14-16-59-17-15-47)32-19-29(49)25-9-4-8-24(35(25)61-32)23-6-2-1-3-7-23;1-2(3)4/h1-4,6-9,19,26-28,48H,5,10-18,20-22H2,(H9-,40,41,42,43,44,45,46,50,51,52,53,55,56,57,58);1H3,(H,3,4)/t26-,27-,28-;/m0./s1. The number of amides is 4. The van der Waals surface area contributed by atoms with Crippen LogP contribution in [-0.2, 0) is 47.8 Å². The van der Waals surface area contributed by atoms with Gasteiger partial charge < -0.3 is 71.8 Å². The Kier molecular flexibility index (Phi) is 20.5. The zero-order valence-corrected chi connectivity index (χ0v) is 35.3. The predicted molar refractivity (Wildman–Crippen MR) is 227 cm³/mol. The number of benzene rings is 2. The van der Waals surface area contributed by atoms with Crippen LogP contribution in [0.5, 0.6) is 0 Å². The second-order valence-corrected chi connectivity index (χ2v) is 14.4. The van der Waals surface area contributed by atoms with E-state index in [1.54, 1.807) is 12.1 Å². The van der Waals surface area contributed by atoms with Crippen molar-refractivity contribution in [2.24, 2.45) is 16.5 Å². The number of aliphatic hydroxyl groups is 1. The van der Waals surface area contributed by atoms with Crippen molar-refractivity contribution in [3.05, 3.63) is 64.8 Å². The van der Waals surface area contributed by atoms with Gasteiger partial charge >= 0.3 is 23.8 Å². The lowest BCUT2D eigenvalue weighted by atomic mass is 10.0. The first kappa shape index (κ1) is 51.9. The number of nitrogens with two attached hydrogens (primary N) is 2. The zero-order chi connectivity index (χ0) is 48.1. The van der Waals surface area contributed by atoms with Gasteiger partial charge in [0.25, 0.3) is 0 Å². The predicted octanol–water partition coefficient (Wildman–Crippen LogP) is -2.99. The summed E-state index contributed by atoms with van der Waals surface area (Å²) in [7, 11) is 0. The molecule has 1 saturated heterocycles. The summed E-state index contributed by atoms with van der Waals surface area (Å²) in [6.45, 7) is 0.190. The van der Waals surface area contributed by atoms with Crippen molar-refractivity contribution in [2.45, 2.75) is 57.2 Å². The number of nitrogens with zero attached hydrogens (tertiary/aromatic N) is 2. The van der Waals surface area contributed by atoms with Crippen molar-refractivity contribution in [3.63, 3.8) is 0 Å². The molecule has 0 bridgehead atoms. The Balaban J connectivity index is 0.00000269. The van der Waals surface area contributed by atoms with E-state index in [4.69, 9.17) is 40.4 Å². The highest BCUT2D eigenvalue weighted by molar-refractivity contribution is 5.95. The van der Waals surface area contributed by atoms with Gasteiger partial charge in [-0.1, -0.05) is 42.5 Å². The molecule has 352 valence electrons. The molecule has 24 nitrogen and oxygen atoms in total. The Morgan fingerprint density at radius 3 is 2.15 bits per heavy atom. The number of aliphatic imine (C=N–C) groups is 1. The molecule has 1 aliphatic heterocycles. The van der Waals surface area contributed by atoms with Gasteiger partial charge in [0.15, 0.2) is 17.0 Å². The minimum atomic E-state index is -1.78. The van der Waals surface area contributed by atoms with Gasteiger partial charge in [0.2, 0.25) is 30.4 Å². The van der Waals surface area contributed by atoms with Gasteiger partial charge in [0, 0.05) is 24.5 Å². The maximum Gasteiger partial charge on any atom is 0.328 e. The number of ether oxygens (including phenoxy) is 2. The van der Waals surface area contributed by atoms with E-state index >= 15 is 0 Å². The molecule has 0 radical (unpaired) electrons. The molecule has 0 saturated carbocycles. The number of morpholine rings is 1. The number of carbonyl (C=O) groups excluding carboxylic acids is 6. The van der Waals surface area contributed by atoms with Gasteiger partial charge in [-0.25, -0.2) is 9.28 Å². The van der Waals surface area contributed by atoms with Crippen LogP contribution in [0.4, 0.5) is 5.88 Å². The molecule has 1 fully saturated rings. The number of carbonyl (C=O) groups is 8. The van der Waals surface area contributed by atoms with Crippen LogP contribution in [0.1, 0.15) is 39.0 Å². The smallest absolute Gasteiger partial charge is 0.328 e. The number of para-hydroxylation sites is 1. The second kappa shape index (κ2) is 25.6. The van der Waals surface area contributed by atoms with Crippen LogP contribution in [0, 0.1) is 0 Å². The van der Waals surface area contributed by atoms with Crippen LogP contribution >= 0.6 is 0 Å². The summed E-state index contributed by atoms with van der Waals surface area (Å²) in [5.41, 5.74) is 12.4. The normalized spacial score (nSPS) is 14.1. The fourth-order valence-corrected chi connectivity index (χ4v) is 6.25. The summed E-state index contributed by atoms with van der Waals surface area (Å²) in [5.74, 6) is -8.78. The number of hydrogen-bond donors (Lipinski definition) is 9. The lowest BCUT2D eigenvalue weighted by Gasteiger charge is -2.37. The summed E-state index contributed by atoms with van der Waals surface area (Å²) < 4.78 is 17.6. The lowest BCUT2D eigenvalue weighted by molar-refractivity contribution is -0.302. The fraction of sp³-hybridized carbons (Fsp3) is 0.415. The number of quaternary nitrogens is 1. The Labute approximate surface area is 370 Å². The van der Waals surface area contributed by atoms with Crippen molar-refractivity contribution in [1.29, 1.82) is 0 Å². The van der Waals surface area contributed by atoms with E-state index in [0.717, 1.165) is 12.5 Å². The maximum atomic E-state index is 13.4. The number of aliphatic carboxylic acids is 3.